The Hall–Kier alpha value is -1.84. The van der Waals surface area contributed by atoms with Crippen molar-refractivity contribution in [3.63, 3.8) is 0 Å². The van der Waals surface area contributed by atoms with Crippen LogP contribution in [0.2, 0.25) is 0 Å². The van der Waals surface area contributed by atoms with Gasteiger partial charge in [-0.2, -0.15) is 15.4 Å². The molecule has 0 saturated heterocycles. The van der Waals surface area contributed by atoms with Gasteiger partial charge in [0.25, 0.3) is 0 Å². The fourth-order valence-electron chi connectivity index (χ4n) is 1.08. The average Bonchev–Trinajstić information content (AvgIpc) is 2.53. The minimum atomic E-state index is 0.122. The Kier molecular flexibility index (Phi) is 1.33. The van der Waals surface area contributed by atoms with Crippen molar-refractivity contribution in [2.24, 2.45) is 0 Å². The quantitative estimate of drug-likeness (QED) is 0.662. The number of aromatic amines is 1. The summed E-state index contributed by atoms with van der Waals surface area (Å²) in [5.41, 5.74) is 1.79. The molecule has 1 aromatic carbocycles. The van der Waals surface area contributed by atoms with E-state index >= 15 is 0 Å². The molecular formula is C8H7N3O. The van der Waals surface area contributed by atoms with Gasteiger partial charge in [-0.1, -0.05) is 12.7 Å². The number of hydrogen-bond acceptors (Lipinski definition) is 3. The van der Waals surface area contributed by atoms with Gasteiger partial charge in [-0.15, -0.1) is 0 Å². The van der Waals surface area contributed by atoms with E-state index in [1.165, 1.54) is 0 Å². The Labute approximate surface area is 68.5 Å². The maximum Gasteiger partial charge on any atom is 0.155 e. The van der Waals surface area contributed by atoms with Crippen LogP contribution in [0.4, 0.5) is 0 Å². The first kappa shape index (κ1) is 6.84. The van der Waals surface area contributed by atoms with Crippen LogP contribution in [0.15, 0.2) is 18.7 Å². The second kappa shape index (κ2) is 2.34. The number of phenolic OH excluding ortho intramolecular Hbond substituents is 1. The minimum Gasteiger partial charge on any atom is -0.505 e. The number of benzene rings is 1. The Balaban J connectivity index is 2.86. The Morgan fingerprint density at radius 1 is 1.42 bits per heavy atom. The highest BCUT2D eigenvalue weighted by molar-refractivity contribution is 5.84. The molecule has 0 fully saturated rings. The van der Waals surface area contributed by atoms with Crippen LogP contribution < -0.4 is 0 Å². The SMILES string of the molecule is C=Cc1ccc2n[nH]nc2c1O. The van der Waals surface area contributed by atoms with Gasteiger partial charge in [0.05, 0.1) is 0 Å². The molecule has 1 heterocycles. The van der Waals surface area contributed by atoms with Crippen molar-refractivity contribution in [1.82, 2.24) is 15.4 Å². The van der Waals surface area contributed by atoms with Gasteiger partial charge < -0.3 is 5.11 Å². The number of H-pyrrole nitrogens is 1. The zero-order valence-corrected chi connectivity index (χ0v) is 6.28. The molecule has 4 heteroatoms. The zero-order chi connectivity index (χ0) is 8.55. The van der Waals surface area contributed by atoms with Gasteiger partial charge in [0.1, 0.15) is 5.52 Å². The molecule has 0 bridgehead atoms. The van der Waals surface area contributed by atoms with Gasteiger partial charge in [-0.3, -0.25) is 0 Å². The van der Waals surface area contributed by atoms with Crippen LogP contribution in [0.1, 0.15) is 5.56 Å². The van der Waals surface area contributed by atoms with E-state index in [4.69, 9.17) is 0 Å². The summed E-state index contributed by atoms with van der Waals surface area (Å²) < 4.78 is 0. The van der Waals surface area contributed by atoms with Crippen LogP contribution >= 0.6 is 0 Å². The first-order chi connectivity index (χ1) is 5.83. The number of nitrogens with zero attached hydrogens (tertiary/aromatic N) is 2. The molecule has 0 amide bonds. The lowest BCUT2D eigenvalue weighted by atomic mass is 10.2. The molecule has 0 spiro atoms. The summed E-state index contributed by atoms with van der Waals surface area (Å²) in [4.78, 5) is 0. The summed E-state index contributed by atoms with van der Waals surface area (Å²) in [7, 11) is 0. The first-order valence-corrected chi connectivity index (χ1v) is 3.48. The van der Waals surface area contributed by atoms with E-state index in [2.05, 4.69) is 22.0 Å². The average molecular weight is 161 g/mol. The molecule has 2 aromatic rings. The Morgan fingerprint density at radius 2 is 2.25 bits per heavy atom. The molecule has 0 aliphatic heterocycles. The molecule has 0 aliphatic rings. The monoisotopic (exact) mass is 161 g/mol. The molecule has 2 rings (SSSR count). The second-order valence-corrected chi connectivity index (χ2v) is 2.40. The van der Waals surface area contributed by atoms with Gasteiger partial charge in [0, 0.05) is 5.56 Å². The van der Waals surface area contributed by atoms with Crippen LogP contribution in [0, 0.1) is 0 Å². The third-order valence-electron chi connectivity index (χ3n) is 1.71. The van der Waals surface area contributed by atoms with E-state index in [1.54, 1.807) is 18.2 Å². The van der Waals surface area contributed by atoms with Crippen molar-refractivity contribution in [3.05, 3.63) is 24.3 Å². The van der Waals surface area contributed by atoms with E-state index in [9.17, 15) is 5.11 Å². The van der Waals surface area contributed by atoms with Crippen molar-refractivity contribution in [2.75, 3.05) is 0 Å². The lowest BCUT2D eigenvalue weighted by Crippen LogP contribution is -1.76. The maximum atomic E-state index is 9.54. The summed E-state index contributed by atoms with van der Waals surface area (Å²) in [5, 5.41) is 19.6. The van der Waals surface area contributed by atoms with Crippen LogP contribution in [0.25, 0.3) is 17.1 Å². The van der Waals surface area contributed by atoms with Gasteiger partial charge >= 0.3 is 0 Å². The summed E-state index contributed by atoms with van der Waals surface area (Å²) in [6.07, 6.45) is 1.57. The molecule has 1 aromatic heterocycles. The molecule has 0 aliphatic carbocycles. The summed E-state index contributed by atoms with van der Waals surface area (Å²) in [6.45, 7) is 3.56. The highest BCUT2D eigenvalue weighted by atomic mass is 16.3. The number of hydrogen-bond donors (Lipinski definition) is 2. The molecular weight excluding hydrogens is 154 g/mol. The van der Waals surface area contributed by atoms with Gasteiger partial charge in [-0.25, -0.2) is 0 Å². The summed E-state index contributed by atoms with van der Waals surface area (Å²) in [6, 6.07) is 3.52. The lowest BCUT2D eigenvalue weighted by molar-refractivity contribution is 0.479. The van der Waals surface area contributed by atoms with Crippen LogP contribution in [-0.4, -0.2) is 20.5 Å². The fourth-order valence-corrected chi connectivity index (χ4v) is 1.08. The van der Waals surface area contributed by atoms with E-state index in [-0.39, 0.29) is 5.75 Å². The Bertz CT molecular complexity index is 433. The Morgan fingerprint density at radius 3 is 3.00 bits per heavy atom. The highest BCUT2D eigenvalue weighted by Gasteiger charge is 2.06. The smallest absolute Gasteiger partial charge is 0.155 e. The molecule has 60 valence electrons. The van der Waals surface area contributed by atoms with E-state index < -0.39 is 0 Å². The molecule has 4 nitrogen and oxygen atoms in total. The summed E-state index contributed by atoms with van der Waals surface area (Å²) in [5.74, 6) is 0.122. The number of rotatable bonds is 1. The fraction of sp³-hybridized carbons (Fsp3) is 0. The number of nitrogens with one attached hydrogen (secondary N) is 1. The van der Waals surface area contributed by atoms with Crippen molar-refractivity contribution in [2.45, 2.75) is 0 Å². The predicted octanol–water partition coefficient (Wildman–Crippen LogP) is 1.31. The van der Waals surface area contributed by atoms with Crippen molar-refractivity contribution in [1.29, 1.82) is 0 Å². The number of phenols is 1. The van der Waals surface area contributed by atoms with E-state index in [0.29, 0.717) is 16.6 Å². The third kappa shape index (κ3) is 0.780. The van der Waals surface area contributed by atoms with E-state index in [0.717, 1.165) is 0 Å². The third-order valence-corrected chi connectivity index (χ3v) is 1.71. The van der Waals surface area contributed by atoms with Gasteiger partial charge in [0.15, 0.2) is 11.3 Å². The van der Waals surface area contributed by atoms with Crippen LogP contribution in [0.3, 0.4) is 0 Å². The highest BCUT2D eigenvalue weighted by Crippen LogP contribution is 2.25. The zero-order valence-electron chi connectivity index (χ0n) is 6.28. The molecule has 2 N–H and O–H groups in total. The number of aromatic nitrogens is 3. The van der Waals surface area contributed by atoms with Crippen molar-refractivity contribution >= 4 is 17.1 Å². The molecule has 0 radical (unpaired) electrons. The topological polar surface area (TPSA) is 61.8 Å². The predicted molar refractivity (Wildman–Crippen MR) is 45.6 cm³/mol. The van der Waals surface area contributed by atoms with Gasteiger partial charge in [0.2, 0.25) is 0 Å². The summed E-state index contributed by atoms with van der Waals surface area (Å²) >= 11 is 0. The second-order valence-electron chi connectivity index (χ2n) is 2.40. The largest absolute Gasteiger partial charge is 0.505 e. The lowest BCUT2D eigenvalue weighted by Gasteiger charge is -1.96. The molecule has 0 unspecified atom stereocenters. The van der Waals surface area contributed by atoms with Crippen molar-refractivity contribution in [3.8, 4) is 5.75 Å². The normalized spacial score (nSPS) is 10.3. The number of aromatic hydroxyl groups is 1. The maximum absolute atomic E-state index is 9.54. The minimum absolute atomic E-state index is 0.122. The first-order valence-electron chi connectivity index (χ1n) is 3.48. The van der Waals surface area contributed by atoms with E-state index in [1.807, 2.05) is 0 Å². The van der Waals surface area contributed by atoms with Crippen LogP contribution in [-0.2, 0) is 0 Å². The van der Waals surface area contributed by atoms with Crippen LogP contribution in [0.5, 0.6) is 5.75 Å². The molecule has 0 saturated carbocycles. The molecule has 12 heavy (non-hydrogen) atoms. The van der Waals surface area contributed by atoms with Gasteiger partial charge in [-0.05, 0) is 12.1 Å². The molecule has 0 atom stereocenters. The van der Waals surface area contributed by atoms with Crippen molar-refractivity contribution < 1.29 is 5.11 Å². The standard InChI is InChI=1S/C8H7N3O/c1-2-5-3-4-6-7(8(5)12)10-11-9-6/h2-4,12H,1H2,(H,9,10,11). The number of fused-ring (bicyclic) bond motifs is 1.